The normalized spacial score (nSPS) is 16.3. The van der Waals surface area contributed by atoms with Crippen LogP contribution in [0.25, 0.3) is 11.0 Å². The van der Waals surface area contributed by atoms with Gasteiger partial charge in [-0.05, 0) is 49.1 Å². The molecule has 0 radical (unpaired) electrons. The van der Waals surface area contributed by atoms with Gasteiger partial charge in [-0.15, -0.1) is 0 Å². The van der Waals surface area contributed by atoms with Crippen LogP contribution in [0.1, 0.15) is 62.1 Å². The van der Waals surface area contributed by atoms with Crippen LogP contribution in [0.15, 0.2) is 21.3 Å². The lowest BCUT2D eigenvalue weighted by Gasteiger charge is -2.25. The number of hydrogen-bond donors (Lipinski definition) is 1. The van der Waals surface area contributed by atoms with Gasteiger partial charge in [0.25, 0.3) is 0 Å². The zero-order chi connectivity index (χ0) is 17.3. The molecule has 1 aromatic carbocycles. The van der Waals surface area contributed by atoms with Crippen LogP contribution in [0.3, 0.4) is 0 Å². The Bertz CT molecular complexity index is 794. The molecule has 3 rings (SSSR count). The van der Waals surface area contributed by atoms with E-state index in [4.69, 9.17) is 4.42 Å². The van der Waals surface area contributed by atoms with Gasteiger partial charge in [0, 0.05) is 18.7 Å². The molecule has 0 bridgehead atoms. The number of benzene rings is 1. The standard InChI is InChI=1S/C20H27NO3/c1-4-5-6-7-13(2)14-10-17(22)19-16-12-21(3)9-8-15(16)20(23)24-18(19)11-14/h10-11,13,22H,4-9,12H2,1-3H3. The monoisotopic (exact) mass is 329 g/mol. The van der Waals surface area contributed by atoms with Gasteiger partial charge in [0.1, 0.15) is 11.3 Å². The van der Waals surface area contributed by atoms with Crippen LogP contribution >= 0.6 is 0 Å². The van der Waals surface area contributed by atoms with Gasteiger partial charge in [-0.2, -0.15) is 0 Å². The molecule has 4 nitrogen and oxygen atoms in total. The molecule has 1 N–H and O–H groups in total. The van der Waals surface area contributed by atoms with Crippen molar-refractivity contribution in [3.05, 3.63) is 39.2 Å². The first-order valence-electron chi connectivity index (χ1n) is 9.01. The molecule has 130 valence electrons. The van der Waals surface area contributed by atoms with E-state index in [0.29, 0.717) is 29.9 Å². The number of aromatic hydroxyl groups is 1. The van der Waals surface area contributed by atoms with Crippen LogP contribution in [-0.4, -0.2) is 23.6 Å². The van der Waals surface area contributed by atoms with Crippen molar-refractivity contribution in [1.82, 2.24) is 4.90 Å². The third kappa shape index (κ3) is 3.20. The van der Waals surface area contributed by atoms with E-state index in [1.54, 1.807) is 0 Å². The highest BCUT2D eigenvalue weighted by molar-refractivity contribution is 5.88. The van der Waals surface area contributed by atoms with Crippen molar-refractivity contribution in [3.8, 4) is 5.75 Å². The molecule has 0 aliphatic carbocycles. The first-order chi connectivity index (χ1) is 11.5. The molecular formula is C20H27NO3. The predicted octanol–water partition coefficient (Wildman–Crippen LogP) is 4.17. The molecule has 2 heterocycles. The minimum absolute atomic E-state index is 0.236. The van der Waals surface area contributed by atoms with Crippen LogP contribution in [0.5, 0.6) is 5.75 Å². The molecule has 1 aromatic heterocycles. The highest BCUT2D eigenvalue weighted by Gasteiger charge is 2.23. The first kappa shape index (κ1) is 17.0. The van der Waals surface area contributed by atoms with Crippen LogP contribution in [-0.2, 0) is 13.0 Å². The summed E-state index contributed by atoms with van der Waals surface area (Å²) in [6.45, 7) is 5.88. The minimum Gasteiger partial charge on any atom is -0.507 e. The number of unbranched alkanes of at least 4 members (excludes halogenated alkanes) is 2. The maximum Gasteiger partial charge on any atom is 0.339 e. The summed E-state index contributed by atoms with van der Waals surface area (Å²) >= 11 is 0. The second kappa shape index (κ2) is 6.98. The van der Waals surface area contributed by atoms with Gasteiger partial charge in [-0.3, -0.25) is 0 Å². The van der Waals surface area contributed by atoms with Gasteiger partial charge < -0.3 is 14.4 Å². The number of rotatable bonds is 5. The summed E-state index contributed by atoms with van der Waals surface area (Å²) in [6, 6.07) is 3.80. The molecule has 0 saturated carbocycles. The number of likely N-dealkylation sites (N-methyl/N-ethyl adjacent to an activating group) is 1. The lowest BCUT2D eigenvalue weighted by molar-refractivity contribution is 0.309. The fourth-order valence-corrected chi connectivity index (χ4v) is 3.67. The van der Waals surface area contributed by atoms with E-state index in [-0.39, 0.29) is 11.4 Å². The van der Waals surface area contributed by atoms with Crippen molar-refractivity contribution < 1.29 is 9.52 Å². The topological polar surface area (TPSA) is 53.7 Å². The Kier molecular flexibility index (Phi) is 4.95. The van der Waals surface area contributed by atoms with Crippen LogP contribution in [0, 0.1) is 0 Å². The third-order valence-electron chi connectivity index (χ3n) is 5.20. The molecule has 0 saturated heterocycles. The Morgan fingerprint density at radius 2 is 2.08 bits per heavy atom. The zero-order valence-electron chi connectivity index (χ0n) is 14.9. The van der Waals surface area contributed by atoms with Crippen LogP contribution in [0.4, 0.5) is 0 Å². The molecule has 0 spiro atoms. The SMILES string of the molecule is CCCCCC(C)c1cc(O)c2c3c(c(=O)oc2c1)CCN(C)C3. The maximum atomic E-state index is 12.3. The first-order valence-corrected chi connectivity index (χ1v) is 9.01. The average Bonchev–Trinajstić information content (AvgIpc) is 2.54. The molecule has 1 unspecified atom stereocenters. The van der Waals surface area contributed by atoms with Gasteiger partial charge in [0.2, 0.25) is 0 Å². The lowest BCUT2D eigenvalue weighted by atomic mass is 9.91. The molecule has 1 aliphatic rings. The summed E-state index contributed by atoms with van der Waals surface area (Å²) < 4.78 is 5.56. The van der Waals surface area contributed by atoms with Gasteiger partial charge in [-0.1, -0.05) is 33.1 Å². The van der Waals surface area contributed by atoms with E-state index < -0.39 is 0 Å². The van der Waals surface area contributed by atoms with Crippen molar-refractivity contribution in [2.75, 3.05) is 13.6 Å². The van der Waals surface area contributed by atoms with E-state index in [2.05, 4.69) is 18.7 Å². The Balaban J connectivity index is 2.04. The van der Waals surface area contributed by atoms with E-state index in [1.165, 1.54) is 19.3 Å². The summed E-state index contributed by atoms with van der Waals surface area (Å²) in [7, 11) is 2.03. The Morgan fingerprint density at radius 1 is 1.29 bits per heavy atom. The molecule has 2 aromatic rings. The Hall–Kier alpha value is -1.81. The zero-order valence-corrected chi connectivity index (χ0v) is 14.9. The molecule has 1 atom stereocenters. The maximum absolute atomic E-state index is 12.3. The number of fused-ring (bicyclic) bond motifs is 3. The second-order valence-electron chi connectivity index (χ2n) is 7.14. The Morgan fingerprint density at radius 3 is 2.83 bits per heavy atom. The highest BCUT2D eigenvalue weighted by atomic mass is 16.4. The number of phenols is 1. The van der Waals surface area contributed by atoms with Crippen molar-refractivity contribution in [1.29, 1.82) is 0 Å². The second-order valence-corrected chi connectivity index (χ2v) is 7.14. The summed E-state index contributed by atoms with van der Waals surface area (Å²) in [4.78, 5) is 14.5. The quantitative estimate of drug-likeness (QED) is 0.661. The van der Waals surface area contributed by atoms with Crippen molar-refractivity contribution in [3.63, 3.8) is 0 Å². The summed E-state index contributed by atoms with van der Waals surface area (Å²) in [6.07, 6.45) is 5.36. The molecular weight excluding hydrogens is 302 g/mol. The van der Waals surface area contributed by atoms with E-state index in [9.17, 15) is 9.90 Å². The van der Waals surface area contributed by atoms with Crippen molar-refractivity contribution in [2.24, 2.45) is 0 Å². The summed E-state index contributed by atoms with van der Waals surface area (Å²) in [5.41, 5.74) is 2.97. The summed E-state index contributed by atoms with van der Waals surface area (Å²) in [5.74, 6) is 0.580. The Labute approximate surface area is 143 Å². The average molecular weight is 329 g/mol. The minimum atomic E-state index is -0.249. The van der Waals surface area contributed by atoms with Gasteiger partial charge >= 0.3 is 5.63 Å². The number of nitrogens with zero attached hydrogens (tertiary/aromatic N) is 1. The lowest BCUT2D eigenvalue weighted by Crippen LogP contribution is -2.30. The molecule has 4 heteroatoms. The third-order valence-corrected chi connectivity index (χ3v) is 5.20. The van der Waals surface area contributed by atoms with E-state index >= 15 is 0 Å². The highest BCUT2D eigenvalue weighted by Crippen LogP contribution is 2.35. The molecule has 0 fully saturated rings. The van der Waals surface area contributed by atoms with Gasteiger partial charge in [0.05, 0.1) is 5.39 Å². The molecule has 0 amide bonds. The largest absolute Gasteiger partial charge is 0.507 e. The number of phenolic OH excluding ortho intramolecular Hbond substituents is 1. The number of hydrogen-bond acceptors (Lipinski definition) is 4. The van der Waals surface area contributed by atoms with E-state index in [1.807, 2.05) is 19.2 Å². The van der Waals surface area contributed by atoms with Crippen molar-refractivity contribution >= 4 is 11.0 Å². The van der Waals surface area contributed by atoms with Gasteiger partial charge in [-0.25, -0.2) is 4.79 Å². The van der Waals surface area contributed by atoms with Crippen LogP contribution in [0.2, 0.25) is 0 Å². The fourth-order valence-electron chi connectivity index (χ4n) is 3.67. The molecule has 24 heavy (non-hydrogen) atoms. The predicted molar refractivity (Wildman–Crippen MR) is 96.7 cm³/mol. The van der Waals surface area contributed by atoms with E-state index in [0.717, 1.165) is 29.7 Å². The van der Waals surface area contributed by atoms with Gasteiger partial charge in [0.15, 0.2) is 0 Å². The summed E-state index contributed by atoms with van der Waals surface area (Å²) in [5, 5.41) is 11.3. The fraction of sp³-hybridized carbons (Fsp3) is 0.550. The van der Waals surface area contributed by atoms with Crippen molar-refractivity contribution in [2.45, 2.75) is 58.4 Å². The smallest absolute Gasteiger partial charge is 0.339 e. The van der Waals surface area contributed by atoms with Crippen LogP contribution < -0.4 is 5.63 Å². The molecule has 1 aliphatic heterocycles.